The Balaban J connectivity index is 1.15. The quantitative estimate of drug-likeness (QED) is 0.0970. The Morgan fingerprint density at radius 2 is 1.90 bits per heavy atom. The van der Waals surface area contributed by atoms with Crippen molar-refractivity contribution in [3.63, 3.8) is 0 Å². The number of pyridine rings is 1. The van der Waals surface area contributed by atoms with Crippen LogP contribution in [0, 0.1) is 5.41 Å². The number of nitrogens with zero attached hydrogens (tertiary/aromatic N) is 1. The highest BCUT2D eigenvalue weighted by molar-refractivity contribution is 8.76. The van der Waals surface area contributed by atoms with Crippen molar-refractivity contribution in [2.45, 2.75) is 62.4 Å². The maximum atomic E-state index is 14.0. The molecule has 52 heavy (non-hydrogen) atoms. The molecule has 3 aromatic rings. The third-order valence-electron chi connectivity index (χ3n) is 9.84. The van der Waals surface area contributed by atoms with Crippen LogP contribution in [0.15, 0.2) is 47.6 Å². The average molecular weight is 752 g/mol. The number of phenols is 2. The Labute approximate surface area is 308 Å². The first-order valence-electron chi connectivity index (χ1n) is 17.3. The number of amides is 1. The number of aromatic nitrogens is 1. The molecule has 0 bridgehead atoms. The number of rotatable bonds is 11. The zero-order chi connectivity index (χ0) is 36.4. The van der Waals surface area contributed by atoms with Crippen molar-refractivity contribution in [1.29, 1.82) is 0 Å². The number of ketones is 2. The normalized spacial score (nSPS) is 25.5. The van der Waals surface area contributed by atoms with Crippen molar-refractivity contribution in [3.05, 3.63) is 76.0 Å². The van der Waals surface area contributed by atoms with Crippen molar-refractivity contribution < 1.29 is 48.3 Å². The lowest BCUT2D eigenvalue weighted by molar-refractivity contribution is -0.231. The van der Waals surface area contributed by atoms with Gasteiger partial charge in [-0.15, -0.1) is 0 Å². The Kier molecular flexibility index (Phi) is 11.1. The van der Waals surface area contributed by atoms with Gasteiger partial charge in [-0.1, -0.05) is 35.9 Å². The SMILES string of the molecule is COc1cccc2c1C(=O)c1c(O)c3c(c(O)c1C2=O)C[C@@](C)(C(=O)NCCSSc1ccccn1)C[C@@H]3O[C@H]1CCC(O[C@@H]2COCCN2)CO1. The molecule has 2 saturated heterocycles. The van der Waals surface area contributed by atoms with E-state index in [1.54, 1.807) is 36.0 Å². The van der Waals surface area contributed by atoms with Gasteiger partial charge in [0.15, 0.2) is 12.1 Å². The van der Waals surface area contributed by atoms with Crippen molar-refractivity contribution in [3.8, 4) is 17.2 Å². The lowest BCUT2D eigenvalue weighted by atomic mass is 9.68. The molecular formula is C37H41N3O10S2. The van der Waals surface area contributed by atoms with E-state index in [2.05, 4.69) is 15.6 Å². The number of hydrogen-bond acceptors (Lipinski definition) is 14. The molecule has 7 rings (SSSR count). The van der Waals surface area contributed by atoms with Crippen LogP contribution in [0.3, 0.4) is 0 Å². The molecule has 2 aliphatic heterocycles. The molecular weight excluding hydrogens is 711 g/mol. The smallest absolute Gasteiger partial charge is 0.226 e. The van der Waals surface area contributed by atoms with Gasteiger partial charge in [-0.25, -0.2) is 4.98 Å². The fourth-order valence-electron chi connectivity index (χ4n) is 7.29. The second kappa shape index (κ2) is 15.7. The summed E-state index contributed by atoms with van der Waals surface area (Å²) in [6, 6.07) is 10.3. The predicted molar refractivity (Wildman–Crippen MR) is 192 cm³/mol. The van der Waals surface area contributed by atoms with Crippen LogP contribution in [0.5, 0.6) is 17.2 Å². The van der Waals surface area contributed by atoms with Gasteiger partial charge in [0.1, 0.15) is 28.5 Å². The van der Waals surface area contributed by atoms with E-state index in [-0.39, 0.29) is 76.8 Å². The van der Waals surface area contributed by atoms with E-state index in [0.29, 0.717) is 44.9 Å². The van der Waals surface area contributed by atoms with Crippen LogP contribution in [0.2, 0.25) is 0 Å². The highest BCUT2D eigenvalue weighted by atomic mass is 33.1. The molecule has 4 N–H and O–H groups in total. The molecule has 15 heteroatoms. The lowest BCUT2D eigenvalue weighted by Gasteiger charge is -2.41. The number of fused-ring (bicyclic) bond motifs is 3. The van der Waals surface area contributed by atoms with Crippen molar-refractivity contribution in [2.24, 2.45) is 5.41 Å². The van der Waals surface area contributed by atoms with Crippen LogP contribution < -0.4 is 15.4 Å². The highest BCUT2D eigenvalue weighted by Crippen LogP contribution is 2.54. The molecule has 1 aromatic heterocycles. The molecule has 1 unspecified atom stereocenters. The van der Waals surface area contributed by atoms with Gasteiger partial charge >= 0.3 is 0 Å². The molecule has 13 nitrogen and oxygen atoms in total. The molecule has 2 fully saturated rings. The predicted octanol–water partition coefficient (Wildman–Crippen LogP) is 4.31. The Bertz CT molecular complexity index is 1830. The molecule has 276 valence electrons. The molecule has 3 heterocycles. The van der Waals surface area contributed by atoms with E-state index >= 15 is 0 Å². The number of ether oxygens (including phenoxy) is 5. The highest BCUT2D eigenvalue weighted by Gasteiger charge is 2.48. The van der Waals surface area contributed by atoms with E-state index in [9.17, 15) is 24.6 Å². The third kappa shape index (κ3) is 7.27. The topological polar surface area (TPSA) is 175 Å². The summed E-state index contributed by atoms with van der Waals surface area (Å²) in [5, 5.41) is 30.9. The fourth-order valence-corrected chi connectivity index (χ4v) is 9.07. The van der Waals surface area contributed by atoms with E-state index in [0.717, 1.165) is 5.03 Å². The van der Waals surface area contributed by atoms with Gasteiger partial charge in [-0.2, -0.15) is 0 Å². The summed E-state index contributed by atoms with van der Waals surface area (Å²) >= 11 is 0. The van der Waals surface area contributed by atoms with Crippen LogP contribution >= 0.6 is 21.6 Å². The molecule has 0 spiro atoms. The second-order valence-electron chi connectivity index (χ2n) is 13.4. The third-order valence-corrected chi connectivity index (χ3v) is 12.1. The van der Waals surface area contributed by atoms with E-state index in [1.807, 2.05) is 18.2 Å². The number of benzene rings is 2. The summed E-state index contributed by atoms with van der Waals surface area (Å²) in [7, 11) is 4.46. The molecule has 4 aliphatic rings. The van der Waals surface area contributed by atoms with Crippen LogP contribution in [-0.4, -0.2) is 97.1 Å². The largest absolute Gasteiger partial charge is 0.507 e. The summed E-state index contributed by atoms with van der Waals surface area (Å²) in [4.78, 5) is 46.2. The first-order valence-corrected chi connectivity index (χ1v) is 19.6. The average Bonchev–Trinajstić information content (AvgIpc) is 3.16. The summed E-state index contributed by atoms with van der Waals surface area (Å²) < 4.78 is 29.6. The van der Waals surface area contributed by atoms with E-state index < -0.39 is 40.9 Å². The number of carbonyl (C=O) groups excluding carboxylic acids is 3. The minimum atomic E-state index is -1.12. The van der Waals surface area contributed by atoms with Crippen molar-refractivity contribution in [2.75, 3.05) is 45.8 Å². The maximum absolute atomic E-state index is 14.0. The van der Waals surface area contributed by atoms with Crippen molar-refractivity contribution in [1.82, 2.24) is 15.6 Å². The monoisotopic (exact) mass is 751 g/mol. The van der Waals surface area contributed by atoms with Crippen LogP contribution in [-0.2, 0) is 30.2 Å². The van der Waals surface area contributed by atoms with E-state index in [4.69, 9.17) is 23.7 Å². The zero-order valence-corrected chi connectivity index (χ0v) is 30.5. The summed E-state index contributed by atoms with van der Waals surface area (Å²) in [6.07, 6.45) is 0.786. The number of phenolic OH excluding ortho intramolecular Hbond substituents is 2. The number of morpholine rings is 1. The molecule has 5 atom stereocenters. The number of carbonyl (C=O) groups is 3. The molecule has 0 radical (unpaired) electrons. The Hall–Kier alpha value is -3.70. The van der Waals surface area contributed by atoms with Gasteiger partial charge in [0.25, 0.3) is 0 Å². The minimum Gasteiger partial charge on any atom is -0.507 e. The van der Waals surface area contributed by atoms with Crippen molar-refractivity contribution >= 4 is 39.1 Å². The van der Waals surface area contributed by atoms with Crippen LogP contribution in [0.25, 0.3) is 0 Å². The van der Waals surface area contributed by atoms with Crippen LogP contribution in [0.1, 0.15) is 75.3 Å². The molecule has 2 aliphatic carbocycles. The van der Waals surface area contributed by atoms with Crippen LogP contribution in [0.4, 0.5) is 0 Å². The molecule has 0 saturated carbocycles. The number of hydrogen-bond donors (Lipinski definition) is 4. The fraction of sp³-hybridized carbons (Fsp3) is 0.459. The summed E-state index contributed by atoms with van der Waals surface area (Å²) in [5.41, 5.74) is -1.34. The summed E-state index contributed by atoms with van der Waals surface area (Å²) in [5.74, 6) is -1.69. The molecule has 1 amide bonds. The number of methoxy groups -OCH3 is 1. The zero-order valence-electron chi connectivity index (χ0n) is 28.8. The molecule has 2 aromatic carbocycles. The Morgan fingerprint density at radius 3 is 2.63 bits per heavy atom. The number of aromatic hydroxyl groups is 2. The second-order valence-corrected chi connectivity index (χ2v) is 15.8. The van der Waals surface area contributed by atoms with Gasteiger partial charge in [0, 0.05) is 48.2 Å². The van der Waals surface area contributed by atoms with Gasteiger partial charge in [-0.3, -0.25) is 19.7 Å². The van der Waals surface area contributed by atoms with Gasteiger partial charge < -0.3 is 39.2 Å². The minimum absolute atomic E-state index is 0.00762. The number of nitrogens with one attached hydrogen (secondary N) is 2. The van der Waals surface area contributed by atoms with Gasteiger partial charge in [0.2, 0.25) is 11.7 Å². The standard InChI is InChI=1S/C37H41N3O10S2/c1-37(36(45)40-13-15-51-52-26-8-3-4-11-39-26)16-22-29(24(17-37)50-27-10-9-20(18-48-27)49-25-19-47-14-12-38-25)35(44)31-30(33(22)42)32(41)21-6-5-7-23(46-2)28(21)34(31)43/h3-8,11,20,24-25,27,38,42,44H,9-10,12-19H2,1-2H3,(H,40,45)/t20?,24-,25+,27-,37+/m0/s1. The van der Waals surface area contributed by atoms with Gasteiger partial charge in [0.05, 0.1) is 61.2 Å². The lowest BCUT2D eigenvalue weighted by Crippen LogP contribution is -2.47. The van der Waals surface area contributed by atoms with Gasteiger partial charge in [-0.05, 0) is 48.3 Å². The maximum Gasteiger partial charge on any atom is 0.226 e. The summed E-state index contributed by atoms with van der Waals surface area (Å²) in [6.45, 7) is 4.17. The van der Waals surface area contributed by atoms with E-state index in [1.165, 1.54) is 24.0 Å². The Morgan fingerprint density at radius 1 is 1.06 bits per heavy atom. The first-order chi connectivity index (χ1) is 25.2. The first kappa shape index (κ1) is 36.6.